The normalized spacial score (nSPS) is 23.1. The zero-order valence-corrected chi connectivity index (χ0v) is 17.0. The number of aryl methyl sites for hydroxylation is 1. The molecule has 0 aromatic carbocycles. The highest BCUT2D eigenvalue weighted by molar-refractivity contribution is 5.91. The number of fused-ring (bicyclic) bond motifs is 1. The summed E-state index contributed by atoms with van der Waals surface area (Å²) < 4.78 is 0. The van der Waals surface area contributed by atoms with Gasteiger partial charge in [-0.05, 0) is 52.3 Å². The zero-order valence-electron chi connectivity index (χ0n) is 17.0. The van der Waals surface area contributed by atoms with E-state index in [9.17, 15) is 0 Å². The van der Waals surface area contributed by atoms with E-state index in [4.69, 9.17) is 4.98 Å². The van der Waals surface area contributed by atoms with Crippen LogP contribution in [0.3, 0.4) is 0 Å². The topological polar surface area (TPSA) is 81.8 Å². The summed E-state index contributed by atoms with van der Waals surface area (Å²) >= 11 is 0. The average molecular weight is 380 g/mol. The van der Waals surface area contributed by atoms with Gasteiger partial charge in [-0.15, -0.1) is 0 Å². The molecule has 0 bridgehead atoms. The molecular weight excluding hydrogens is 350 g/mol. The maximum atomic E-state index is 4.86. The minimum atomic E-state index is 0.398. The number of aromatic amines is 1. The number of aromatic nitrogens is 4. The molecule has 4 heterocycles. The lowest BCUT2D eigenvalue weighted by atomic mass is 9.91. The smallest absolute Gasteiger partial charge is 0.153 e. The zero-order chi connectivity index (χ0) is 19.7. The lowest BCUT2D eigenvalue weighted by Gasteiger charge is -2.42. The molecule has 7 nitrogen and oxygen atoms in total. The largest absolute Gasteiger partial charge is 0.367 e. The molecule has 0 spiro atoms. The van der Waals surface area contributed by atoms with Crippen molar-refractivity contribution in [1.29, 1.82) is 0 Å². The second kappa shape index (κ2) is 7.75. The van der Waals surface area contributed by atoms with Crippen molar-refractivity contribution < 1.29 is 0 Å². The molecule has 7 heteroatoms. The third-order valence-corrected chi connectivity index (χ3v) is 5.83. The van der Waals surface area contributed by atoms with Gasteiger partial charge in [-0.3, -0.25) is 10.1 Å². The molecule has 1 aliphatic heterocycles. The molecule has 1 fully saturated rings. The van der Waals surface area contributed by atoms with Crippen LogP contribution in [-0.2, 0) is 0 Å². The highest BCUT2D eigenvalue weighted by atomic mass is 15.2. The molecule has 1 saturated heterocycles. The van der Waals surface area contributed by atoms with Gasteiger partial charge in [-0.2, -0.15) is 5.10 Å². The summed E-state index contributed by atoms with van der Waals surface area (Å²) in [5.41, 5.74) is 1.92. The molecular formula is C21H29N7. The molecule has 3 N–H and O–H groups in total. The highest BCUT2D eigenvalue weighted by Gasteiger charge is 2.30. The first-order valence-corrected chi connectivity index (χ1v) is 10.1. The van der Waals surface area contributed by atoms with Crippen LogP contribution in [0.15, 0.2) is 30.5 Å². The first kappa shape index (κ1) is 18.7. The van der Waals surface area contributed by atoms with Crippen LogP contribution < -0.4 is 10.6 Å². The number of hydrogen-bond acceptors (Lipinski definition) is 6. The molecule has 1 aliphatic rings. The predicted molar refractivity (Wildman–Crippen MR) is 114 cm³/mol. The summed E-state index contributed by atoms with van der Waals surface area (Å²) in [5.74, 6) is 2.38. The van der Waals surface area contributed by atoms with Crippen molar-refractivity contribution in [2.45, 2.75) is 58.2 Å². The molecule has 28 heavy (non-hydrogen) atoms. The summed E-state index contributed by atoms with van der Waals surface area (Å²) in [4.78, 5) is 11.9. The number of nitrogens with one attached hydrogen (secondary N) is 3. The SMILES string of the molecule is CCC1CC(Nc2nc(Nc3cc(C)[nH]n3)cc3ncccc23)C[C@H](C)N1C. The van der Waals surface area contributed by atoms with E-state index in [1.165, 1.54) is 0 Å². The Balaban J connectivity index is 1.63. The van der Waals surface area contributed by atoms with Crippen LogP contribution in [0, 0.1) is 6.92 Å². The van der Waals surface area contributed by atoms with Crippen LogP contribution in [0.2, 0.25) is 0 Å². The lowest BCUT2D eigenvalue weighted by molar-refractivity contribution is 0.114. The lowest BCUT2D eigenvalue weighted by Crippen LogP contribution is -2.49. The molecule has 3 aromatic rings. The monoisotopic (exact) mass is 379 g/mol. The van der Waals surface area contributed by atoms with Gasteiger partial charge >= 0.3 is 0 Å². The van der Waals surface area contributed by atoms with Gasteiger partial charge in [0.1, 0.15) is 11.6 Å². The van der Waals surface area contributed by atoms with Crippen molar-refractivity contribution in [3.05, 3.63) is 36.2 Å². The van der Waals surface area contributed by atoms with Gasteiger partial charge in [0.2, 0.25) is 0 Å². The van der Waals surface area contributed by atoms with E-state index in [2.05, 4.69) is 57.7 Å². The minimum Gasteiger partial charge on any atom is -0.367 e. The van der Waals surface area contributed by atoms with Crippen LogP contribution in [0.5, 0.6) is 0 Å². The van der Waals surface area contributed by atoms with Gasteiger partial charge in [0, 0.05) is 47.5 Å². The van der Waals surface area contributed by atoms with E-state index >= 15 is 0 Å². The number of likely N-dealkylation sites (tertiary alicyclic amines) is 1. The molecule has 3 atom stereocenters. The van der Waals surface area contributed by atoms with Gasteiger partial charge in [-0.25, -0.2) is 4.98 Å². The molecule has 0 saturated carbocycles. The second-order valence-electron chi connectivity index (χ2n) is 7.88. The van der Waals surface area contributed by atoms with Crippen molar-refractivity contribution in [2.24, 2.45) is 0 Å². The van der Waals surface area contributed by atoms with Crippen molar-refractivity contribution in [2.75, 3.05) is 17.7 Å². The van der Waals surface area contributed by atoms with Crippen molar-refractivity contribution in [1.82, 2.24) is 25.1 Å². The van der Waals surface area contributed by atoms with Crippen LogP contribution in [0.1, 0.15) is 38.8 Å². The number of nitrogens with zero attached hydrogens (tertiary/aromatic N) is 4. The van der Waals surface area contributed by atoms with Crippen molar-refractivity contribution in [3.8, 4) is 0 Å². The average Bonchev–Trinajstić information content (AvgIpc) is 3.09. The van der Waals surface area contributed by atoms with Crippen LogP contribution >= 0.6 is 0 Å². The molecule has 3 aromatic heterocycles. The molecule has 2 unspecified atom stereocenters. The number of hydrogen-bond donors (Lipinski definition) is 3. The standard InChI is InChI=1S/C21H29N7/c1-5-16-11-15(10-14(3)28(16)4)23-21-17-7-6-8-22-18(17)12-19(25-21)24-20-9-13(2)26-27-20/h6-9,12,14-16H,5,10-11H2,1-4H3,(H3,23,24,25,26,27)/t14-,15?,16?/m0/s1. The first-order chi connectivity index (χ1) is 13.5. The molecule has 4 rings (SSSR count). The van der Waals surface area contributed by atoms with E-state index in [1.54, 1.807) is 0 Å². The fourth-order valence-electron chi connectivity index (χ4n) is 4.16. The molecule has 0 aliphatic carbocycles. The van der Waals surface area contributed by atoms with E-state index in [0.29, 0.717) is 18.1 Å². The number of rotatable bonds is 5. The third-order valence-electron chi connectivity index (χ3n) is 5.83. The Morgan fingerprint density at radius 3 is 2.86 bits per heavy atom. The van der Waals surface area contributed by atoms with Crippen LogP contribution in [0.4, 0.5) is 17.5 Å². The van der Waals surface area contributed by atoms with Crippen molar-refractivity contribution >= 4 is 28.4 Å². The summed E-state index contributed by atoms with van der Waals surface area (Å²) in [6.07, 6.45) is 5.21. The van der Waals surface area contributed by atoms with Gasteiger partial charge in [0.05, 0.1) is 5.52 Å². The minimum absolute atomic E-state index is 0.398. The number of H-pyrrole nitrogens is 1. The Hall–Kier alpha value is -2.67. The Labute approximate surface area is 166 Å². The Morgan fingerprint density at radius 1 is 1.25 bits per heavy atom. The maximum absolute atomic E-state index is 4.86. The third kappa shape index (κ3) is 3.80. The van der Waals surface area contributed by atoms with E-state index in [0.717, 1.165) is 53.3 Å². The van der Waals surface area contributed by atoms with Gasteiger partial charge in [-0.1, -0.05) is 6.92 Å². The Kier molecular flexibility index (Phi) is 5.17. The van der Waals surface area contributed by atoms with Gasteiger partial charge < -0.3 is 15.5 Å². The van der Waals surface area contributed by atoms with Crippen LogP contribution in [-0.4, -0.2) is 50.2 Å². The predicted octanol–water partition coefficient (Wildman–Crippen LogP) is 4.08. The molecule has 148 valence electrons. The van der Waals surface area contributed by atoms with Gasteiger partial charge in [0.25, 0.3) is 0 Å². The Bertz CT molecular complexity index is 951. The van der Waals surface area contributed by atoms with Crippen molar-refractivity contribution in [3.63, 3.8) is 0 Å². The van der Waals surface area contributed by atoms with Gasteiger partial charge in [0.15, 0.2) is 5.82 Å². The summed E-state index contributed by atoms with van der Waals surface area (Å²) in [5, 5.41) is 15.3. The quantitative estimate of drug-likeness (QED) is 0.620. The second-order valence-corrected chi connectivity index (χ2v) is 7.88. The molecule has 0 amide bonds. The highest BCUT2D eigenvalue weighted by Crippen LogP contribution is 2.30. The number of anilines is 3. The summed E-state index contributed by atoms with van der Waals surface area (Å²) in [6.45, 7) is 6.55. The fourth-order valence-corrected chi connectivity index (χ4v) is 4.16. The van der Waals surface area contributed by atoms with E-state index in [-0.39, 0.29) is 0 Å². The van der Waals surface area contributed by atoms with E-state index in [1.807, 2.05) is 31.3 Å². The van der Waals surface area contributed by atoms with Crippen LogP contribution in [0.25, 0.3) is 10.9 Å². The fraction of sp³-hybridized carbons (Fsp3) is 0.476. The first-order valence-electron chi connectivity index (χ1n) is 10.1. The summed E-state index contributed by atoms with van der Waals surface area (Å²) in [7, 11) is 2.24. The Morgan fingerprint density at radius 2 is 2.11 bits per heavy atom. The number of piperidine rings is 1. The summed E-state index contributed by atoms with van der Waals surface area (Å²) in [6, 6.07) is 9.52. The van der Waals surface area contributed by atoms with E-state index < -0.39 is 0 Å². The number of pyridine rings is 2. The maximum Gasteiger partial charge on any atom is 0.153 e. The molecule has 0 radical (unpaired) electrons.